The number of anilines is 1. The number of carbonyl (C=O) groups excluding carboxylic acids is 2. The van der Waals surface area contributed by atoms with Gasteiger partial charge in [-0.15, -0.1) is 0 Å². The molecule has 0 bridgehead atoms. The maximum atomic E-state index is 14.1. The molecule has 0 radical (unpaired) electrons. The number of benzene rings is 1. The van der Waals surface area contributed by atoms with Crippen LogP contribution in [0.3, 0.4) is 0 Å². The molecule has 1 N–H and O–H groups in total. The Labute approximate surface area is 214 Å². The van der Waals surface area contributed by atoms with Crippen molar-refractivity contribution in [2.75, 3.05) is 18.4 Å². The van der Waals surface area contributed by atoms with E-state index in [0.717, 1.165) is 24.6 Å². The Morgan fingerprint density at radius 1 is 1.11 bits per heavy atom. The third-order valence-corrected chi connectivity index (χ3v) is 5.92. The summed E-state index contributed by atoms with van der Waals surface area (Å²) in [5.41, 5.74) is 0.961. The summed E-state index contributed by atoms with van der Waals surface area (Å²) in [5, 5.41) is 2.49. The van der Waals surface area contributed by atoms with E-state index in [9.17, 15) is 18.4 Å². The van der Waals surface area contributed by atoms with Crippen LogP contribution in [0.2, 0.25) is 0 Å². The topological polar surface area (TPSA) is 85.2 Å². The van der Waals surface area contributed by atoms with E-state index in [-0.39, 0.29) is 29.4 Å². The van der Waals surface area contributed by atoms with Gasteiger partial charge in [-0.3, -0.25) is 4.79 Å². The van der Waals surface area contributed by atoms with Crippen molar-refractivity contribution < 1.29 is 27.8 Å². The first-order chi connectivity index (χ1) is 17.4. The van der Waals surface area contributed by atoms with Crippen molar-refractivity contribution in [1.29, 1.82) is 0 Å². The van der Waals surface area contributed by atoms with E-state index in [2.05, 4.69) is 5.32 Å². The van der Waals surface area contributed by atoms with Crippen LogP contribution in [-0.2, 0) is 4.74 Å². The quantitative estimate of drug-likeness (QED) is 0.468. The molecule has 0 atom stereocenters. The minimum absolute atomic E-state index is 0.134. The molecule has 1 aromatic carbocycles. The normalized spacial score (nSPS) is 14.8. The number of fused-ring (bicyclic) bond motifs is 1. The molecule has 0 aliphatic carbocycles. The van der Waals surface area contributed by atoms with Gasteiger partial charge in [-0.25, -0.2) is 18.6 Å². The first kappa shape index (κ1) is 26.4. The van der Waals surface area contributed by atoms with E-state index in [0.29, 0.717) is 30.6 Å². The van der Waals surface area contributed by atoms with Crippen molar-refractivity contribution in [3.63, 3.8) is 0 Å². The summed E-state index contributed by atoms with van der Waals surface area (Å²) in [6.45, 7) is 10.3. The molecule has 2 amide bonds. The Morgan fingerprint density at radius 2 is 1.81 bits per heavy atom. The molecule has 1 aliphatic rings. The number of imidazole rings is 1. The van der Waals surface area contributed by atoms with Crippen LogP contribution in [0.25, 0.3) is 5.65 Å². The molecule has 3 aromatic rings. The summed E-state index contributed by atoms with van der Waals surface area (Å²) in [4.78, 5) is 31.9. The zero-order valence-electron chi connectivity index (χ0n) is 21.7. The van der Waals surface area contributed by atoms with E-state index >= 15 is 0 Å². The molecule has 1 fully saturated rings. The lowest BCUT2D eigenvalue weighted by Gasteiger charge is -2.32. The molecule has 4 rings (SSSR count). The zero-order valence-corrected chi connectivity index (χ0v) is 21.7. The Morgan fingerprint density at radius 3 is 2.43 bits per heavy atom. The van der Waals surface area contributed by atoms with Crippen LogP contribution < -0.4 is 10.1 Å². The molecule has 1 saturated heterocycles. The number of hydrogen-bond acceptors (Lipinski definition) is 5. The van der Waals surface area contributed by atoms with E-state index < -0.39 is 23.1 Å². The van der Waals surface area contributed by atoms with Gasteiger partial charge in [-0.1, -0.05) is 0 Å². The average Bonchev–Trinajstić information content (AvgIpc) is 3.22. The Balaban J connectivity index is 1.55. The van der Waals surface area contributed by atoms with Crippen LogP contribution >= 0.6 is 0 Å². The number of halogens is 2. The number of likely N-dealkylation sites (tertiary alicyclic amines) is 1. The monoisotopic (exact) mass is 514 g/mol. The lowest BCUT2D eigenvalue weighted by Crippen LogP contribution is -2.41. The maximum absolute atomic E-state index is 14.1. The lowest BCUT2D eigenvalue weighted by molar-refractivity contribution is 0.0204. The maximum Gasteiger partial charge on any atom is 0.410 e. The van der Waals surface area contributed by atoms with Gasteiger partial charge in [0.2, 0.25) is 0 Å². The summed E-state index contributed by atoms with van der Waals surface area (Å²) in [6, 6.07) is 4.63. The van der Waals surface area contributed by atoms with Crippen molar-refractivity contribution in [1.82, 2.24) is 14.3 Å². The van der Waals surface area contributed by atoms with Crippen LogP contribution in [0, 0.1) is 11.6 Å². The van der Waals surface area contributed by atoms with Gasteiger partial charge < -0.3 is 24.1 Å². The van der Waals surface area contributed by atoms with Crippen molar-refractivity contribution in [3.8, 4) is 5.75 Å². The fourth-order valence-corrected chi connectivity index (χ4v) is 4.22. The molecule has 198 valence electrons. The van der Waals surface area contributed by atoms with Crippen LogP contribution in [0.1, 0.15) is 69.4 Å². The Hall–Kier alpha value is -3.69. The summed E-state index contributed by atoms with van der Waals surface area (Å²) in [5.74, 6) is -1.76. The minimum atomic E-state index is -0.872. The van der Waals surface area contributed by atoms with Crippen molar-refractivity contribution >= 4 is 23.3 Å². The number of hydrogen-bond donors (Lipinski definition) is 1. The second kappa shape index (κ2) is 10.4. The summed E-state index contributed by atoms with van der Waals surface area (Å²) in [6.07, 6.45) is 4.38. The highest BCUT2D eigenvalue weighted by Crippen LogP contribution is 2.31. The number of amides is 2. The summed E-state index contributed by atoms with van der Waals surface area (Å²) >= 11 is 0. The van der Waals surface area contributed by atoms with Gasteiger partial charge in [-0.2, -0.15) is 0 Å². The zero-order chi connectivity index (χ0) is 26.9. The van der Waals surface area contributed by atoms with Gasteiger partial charge in [0.15, 0.2) is 0 Å². The predicted octanol–water partition coefficient (Wildman–Crippen LogP) is 5.77. The summed E-state index contributed by atoms with van der Waals surface area (Å²) < 4.78 is 40.5. The number of ether oxygens (including phenoxy) is 2. The van der Waals surface area contributed by atoms with E-state index in [1.807, 2.05) is 40.8 Å². The number of piperidine rings is 1. The van der Waals surface area contributed by atoms with Gasteiger partial charge in [0.05, 0.1) is 23.0 Å². The van der Waals surface area contributed by atoms with Crippen LogP contribution in [0.4, 0.5) is 19.3 Å². The van der Waals surface area contributed by atoms with Gasteiger partial charge in [0, 0.05) is 43.5 Å². The molecule has 0 saturated carbocycles. The molecule has 2 aromatic heterocycles. The molecular weight excluding hydrogens is 482 g/mol. The first-order valence-electron chi connectivity index (χ1n) is 12.3. The average molecular weight is 515 g/mol. The standard InChI is InChI=1S/C27H32F2N4O4/c1-16(2)36-23-13-24-30-22(17-8-10-32(11-9-17)26(35)37-27(3,4)5)15-33(24)14-19(23)25(34)31-21-7-6-18(28)12-20(21)29/h6-7,12-17H,8-11H2,1-5H3,(H,31,34). The lowest BCUT2D eigenvalue weighted by atomic mass is 9.94. The van der Waals surface area contributed by atoms with Crippen LogP contribution in [0.5, 0.6) is 5.75 Å². The number of rotatable bonds is 5. The fraction of sp³-hybridized carbons (Fsp3) is 0.444. The van der Waals surface area contributed by atoms with Crippen molar-refractivity contribution in [2.45, 2.75) is 65.1 Å². The highest BCUT2D eigenvalue weighted by Gasteiger charge is 2.29. The molecule has 0 spiro atoms. The predicted molar refractivity (Wildman–Crippen MR) is 135 cm³/mol. The Bertz CT molecular complexity index is 1310. The third kappa shape index (κ3) is 6.36. The van der Waals surface area contributed by atoms with Crippen LogP contribution in [-0.4, -0.2) is 51.1 Å². The second-order valence-corrected chi connectivity index (χ2v) is 10.5. The number of carbonyl (C=O) groups is 2. The highest BCUT2D eigenvalue weighted by molar-refractivity contribution is 6.06. The minimum Gasteiger partial charge on any atom is -0.490 e. The third-order valence-electron chi connectivity index (χ3n) is 5.92. The molecule has 10 heteroatoms. The number of aromatic nitrogens is 2. The number of nitrogens with zero attached hydrogens (tertiary/aromatic N) is 3. The first-order valence-corrected chi connectivity index (χ1v) is 12.3. The van der Waals surface area contributed by atoms with E-state index in [1.165, 1.54) is 6.07 Å². The summed E-state index contributed by atoms with van der Waals surface area (Å²) in [7, 11) is 0. The van der Waals surface area contributed by atoms with Gasteiger partial charge in [0.1, 0.15) is 28.6 Å². The van der Waals surface area contributed by atoms with Gasteiger partial charge in [0.25, 0.3) is 5.91 Å². The molecule has 8 nitrogen and oxygen atoms in total. The second-order valence-electron chi connectivity index (χ2n) is 10.5. The molecular formula is C27H32F2N4O4. The van der Waals surface area contributed by atoms with Gasteiger partial charge >= 0.3 is 6.09 Å². The molecule has 1 aliphatic heterocycles. The molecule has 0 unspecified atom stereocenters. The fourth-order valence-electron chi connectivity index (χ4n) is 4.22. The van der Waals surface area contributed by atoms with E-state index in [1.54, 1.807) is 21.6 Å². The van der Waals surface area contributed by atoms with Crippen molar-refractivity contribution in [3.05, 3.63) is 59.6 Å². The highest BCUT2D eigenvalue weighted by atomic mass is 19.1. The van der Waals surface area contributed by atoms with Gasteiger partial charge in [-0.05, 0) is 59.6 Å². The number of pyridine rings is 1. The largest absolute Gasteiger partial charge is 0.490 e. The SMILES string of the molecule is CC(C)Oc1cc2nc(C3CCN(C(=O)OC(C)(C)C)CC3)cn2cc1C(=O)Nc1ccc(F)cc1F. The number of nitrogens with one attached hydrogen (secondary N) is 1. The van der Waals surface area contributed by atoms with Crippen LogP contribution in [0.15, 0.2) is 36.7 Å². The van der Waals surface area contributed by atoms with E-state index in [4.69, 9.17) is 14.5 Å². The smallest absolute Gasteiger partial charge is 0.410 e. The van der Waals surface area contributed by atoms with Crippen molar-refractivity contribution in [2.24, 2.45) is 0 Å². The Kier molecular flexibility index (Phi) is 7.38. The molecule has 37 heavy (non-hydrogen) atoms. The molecule has 3 heterocycles.